The van der Waals surface area contributed by atoms with Crippen molar-refractivity contribution in [2.75, 3.05) is 12.8 Å². The highest BCUT2D eigenvalue weighted by Gasteiger charge is 2.08. The van der Waals surface area contributed by atoms with E-state index in [1.54, 1.807) is 6.07 Å². The van der Waals surface area contributed by atoms with Crippen LogP contribution in [0.5, 0.6) is 6.01 Å². The van der Waals surface area contributed by atoms with Gasteiger partial charge in [0, 0.05) is 0 Å². The lowest BCUT2D eigenvalue weighted by Gasteiger charge is -1.98. The third-order valence-corrected chi connectivity index (χ3v) is 1.80. The second-order valence-corrected chi connectivity index (χ2v) is 2.65. The quantitative estimate of drug-likeness (QED) is 0.677. The van der Waals surface area contributed by atoms with Crippen LogP contribution < -0.4 is 10.5 Å². The summed E-state index contributed by atoms with van der Waals surface area (Å²) >= 11 is 0. The van der Waals surface area contributed by atoms with Crippen LogP contribution in [0, 0.1) is 11.3 Å². The van der Waals surface area contributed by atoms with Crippen LogP contribution in [0.3, 0.4) is 0 Å². The van der Waals surface area contributed by atoms with Gasteiger partial charge in [-0.05, 0) is 6.07 Å². The number of H-pyrrole nitrogens is 1. The third kappa shape index (κ3) is 1.11. The molecule has 0 fully saturated rings. The number of nitrogens with two attached hydrogens (primary N) is 1. The van der Waals surface area contributed by atoms with Crippen molar-refractivity contribution in [3.63, 3.8) is 0 Å². The van der Waals surface area contributed by atoms with Gasteiger partial charge in [0.05, 0.1) is 12.5 Å². The van der Waals surface area contributed by atoms with E-state index >= 15 is 0 Å². The average molecular weight is 189 g/mol. The molecule has 2 heterocycles. The minimum Gasteiger partial charge on any atom is -0.467 e. The van der Waals surface area contributed by atoms with Gasteiger partial charge in [0.1, 0.15) is 23.2 Å². The standard InChI is InChI=1S/C8H7N5O/c1-14-8-12-6(10)5-2-4(3-9)11-7(5)13-8/h2H,1H3,(H3,10,11,12,13). The van der Waals surface area contributed by atoms with Gasteiger partial charge in [-0.1, -0.05) is 0 Å². The molecule has 14 heavy (non-hydrogen) atoms. The summed E-state index contributed by atoms with van der Waals surface area (Å²) in [5.74, 6) is 0.296. The minimum atomic E-state index is 0.182. The first-order valence-electron chi connectivity index (χ1n) is 3.85. The second kappa shape index (κ2) is 2.88. The Morgan fingerprint density at radius 1 is 1.57 bits per heavy atom. The van der Waals surface area contributed by atoms with E-state index in [-0.39, 0.29) is 6.01 Å². The van der Waals surface area contributed by atoms with Crippen molar-refractivity contribution in [1.82, 2.24) is 15.0 Å². The highest BCUT2D eigenvalue weighted by molar-refractivity contribution is 5.87. The van der Waals surface area contributed by atoms with E-state index in [4.69, 9.17) is 15.7 Å². The topological polar surface area (TPSA) is 101 Å². The molecule has 0 bridgehead atoms. The third-order valence-electron chi connectivity index (χ3n) is 1.80. The maximum absolute atomic E-state index is 8.65. The minimum absolute atomic E-state index is 0.182. The first-order valence-corrected chi connectivity index (χ1v) is 3.85. The van der Waals surface area contributed by atoms with Crippen molar-refractivity contribution in [2.45, 2.75) is 0 Å². The number of nitrogens with one attached hydrogen (secondary N) is 1. The van der Waals surface area contributed by atoms with Crippen LogP contribution in [-0.2, 0) is 0 Å². The number of methoxy groups -OCH3 is 1. The molecule has 0 aromatic carbocycles. The van der Waals surface area contributed by atoms with Crippen LogP contribution >= 0.6 is 0 Å². The number of aromatic nitrogens is 3. The number of nitrogen functional groups attached to an aromatic ring is 1. The fraction of sp³-hybridized carbons (Fsp3) is 0.125. The van der Waals surface area contributed by atoms with E-state index in [0.717, 1.165) is 0 Å². The number of fused-ring (bicyclic) bond motifs is 1. The Hall–Kier alpha value is -2.29. The molecule has 2 aromatic rings. The van der Waals surface area contributed by atoms with Crippen LogP contribution in [0.15, 0.2) is 6.07 Å². The van der Waals surface area contributed by atoms with Crippen LogP contribution in [0.4, 0.5) is 5.82 Å². The number of hydrogen-bond acceptors (Lipinski definition) is 5. The van der Waals surface area contributed by atoms with Gasteiger partial charge in [0.15, 0.2) is 0 Å². The molecule has 0 amide bonds. The molecule has 6 nitrogen and oxygen atoms in total. The van der Waals surface area contributed by atoms with Crippen molar-refractivity contribution in [1.29, 1.82) is 5.26 Å². The van der Waals surface area contributed by atoms with Gasteiger partial charge in [-0.15, -0.1) is 0 Å². The molecule has 2 aromatic heterocycles. The molecule has 0 aliphatic carbocycles. The molecule has 0 atom stereocenters. The van der Waals surface area contributed by atoms with Gasteiger partial charge in [-0.2, -0.15) is 15.2 Å². The van der Waals surface area contributed by atoms with Crippen LogP contribution in [0.1, 0.15) is 5.69 Å². The van der Waals surface area contributed by atoms with Crippen molar-refractivity contribution in [2.24, 2.45) is 0 Å². The summed E-state index contributed by atoms with van der Waals surface area (Å²) < 4.78 is 4.84. The Labute approximate surface area is 79.3 Å². The van der Waals surface area contributed by atoms with Crippen molar-refractivity contribution in [3.05, 3.63) is 11.8 Å². The Kier molecular flexibility index (Phi) is 1.71. The molecule has 3 N–H and O–H groups in total. The van der Waals surface area contributed by atoms with Crippen molar-refractivity contribution >= 4 is 16.9 Å². The average Bonchev–Trinajstić information content (AvgIpc) is 2.61. The Balaban J connectivity index is 2.75. The Bertz CT molecular complexity index is 524. The number of nitrogens with zero attached hydrogens (tertiary/aromatic N) is 3. The molecule has 0 unspecified atom stereocenters. The lowest BCUT2D eigenvalue weighted by molar-refractivity contribution is 0.382. The normalized spacial score (nSPS) is 10.0. The highest BCUT2D eigenvalue weighted by Crippen LogP contribution is 2.20. The van der Waals surface area contributed by atoms with Gasteiger partial charge in [-0.3, -0.25) is 0 Å². The van der Waals surface area contributed by atoms with Gasteiger partial charge < -0.3 is 15.5 Å². The molecule has 6 heteroatoms. The fourth-order valence-corrected chi connectivity index (χ4v) is 1.16. The lowest BCUT2D eigenvalue weighted by atomic mass is 10.3. The van der Waals surface area contributed by atoms with E-state index in [1.807, 2.05) is 6.07 Å². The summed E-state index contributed by atoms with van der Waals surface area (Å²) in [6, 6.07) is 3.74. The molecular formula is C8H7N5O. The van der Waals surface area contributed by atoms with Crippen molar-refractivity contribution < 1.29 is 4.74 Å². The summed E-state index contributed by atoms with van der Waals surface area (Å²) in [5.41, 5.74) is 6.54. The molecule has 0 spiro atoms. The molecule has 2 rings (SSSR count). The summed E-state index contributed by atoms with van der Waals surface area (Å²) in [6.07, 6.45) is 0. The fourth-order valence-electron chi connectivity index (χ4n) is 1.16. The SMILES string of the molecule is COc1nc(N)c2cc(C#N)[nH]c2n1. The largest absolute Gasteiger partial charge is 0.467 e. The lowest BCUT2D eigenvalue weighted by Crippen LogP contribution is -1.97. The molecule has 0 saturated carbocycles. The van der Waals surface area contributed by atoms with E-state index in [1.165, 1.54) is 7.11 Å². The zero-order valence-corrected chi connectivity index (χ0v) is 7.40. The number of hydrogen-bond donors (Lipinski definition) is 2. The van der Waals surface area contributed by atoms with E-state index < -0.39 is 0 Å². The van der Waals surface area contributed by atoms with Gasteiger partial charge in [0.2, 0.25) is 0 Å². The molecule has 0 saturated heterocycles. The summed E-state index contributed by atoms with van der Waals surface area (Å²) in [6.45, 7) is 0. The van der Waals surface area contributed by atoms with Gasteiger partial charge in [0.25, 0.3) is 0 Å². The van der Waals surface area contributed by atoms with E-state index in [2.05, 4.69) is 15.0 Å². The number of ether oxygens (including phenoxy) is 1. The molecule has 0 aliphatic heterocycles. The van der Waals surface area contributed by atoms with Crippen LogP contribution in [0.25, 0.3) is 11.0 Å². The Morgan fingerprint density at radius 2 is 2.36 bits per heavy atom. The van der Waals surface area contributed by atoms with Gasteiger partial charge in [-0.25, -0.2) is 0 Å². The first-order chi connectivity index (χ1) is 6.74. The number of nitriles is 1. The van der Waals surface area contributed by atoms with E-state index in [9.17, 15) is 0 Å². The van der Waals surface area contributed by atoms with Crippen LogP contribution in [-0.4, -0.2) is 22.1 Å². The number of aromatic amines is 1. The first kappa shape index (κ1) is 8.31. The molecule has 0 radical (unpaired) electrons. The smallest absolute Gasteiger partial charge is 0.320 e. The predicted molar refractivity (Wildman–Crippen MR) is 49.6 cm³/mol. The zero-order valence-electron chi connectivity index (χ0n) is 7.40. The second-order valence-electron chi connectivity index (χ2n) is 2.65. The van der Waals surface area contributed by atoms with Crippen LogP contribution in [0.2, 0.25) is 0 Å². The number of rotatable bonds is 1. The van der Waals surface area contributed by atoms with Gasteiger partial charge >= 0.3 is 6.01 Å². The molecule has 0 aliphatic rings. The summed E-state index contributed by atoms with van der Waals surface area (Å²) in [5, 5.41) is 9.28. The predicted octanol–water partition coefficient (Wildman–Crippen LogP) is 0.420. The zero-order chi connectivity index (χ0) is 10.1. The van der Waals surface area contributed by atoms with Crippen molar-refractivity contribution in [3.8, 4) is 12.1 Å². The summed E-state index contributed by atoms with van der Waals surface area (Å²) in [4.78, 5) is 10.7. The summed E-state index contributed by atoms with van der Waals surface area (Å²) in [7, 11) is 1.45. The van der Waals surface area contributed by atoms with E-state index in [0.29, 0.717) is 22.5 Å². The maximum atomic E-state index is 8.65. The highest BCUT2D eigenvalue weighted by atomic mass is 16.5. The monoisotopic (exact) mass is 189 g/mol. The maximum Gasteiger partial charge on any atom is 0.320 e. The molecule has 70 valence electrons. The molecular weight excluding hydrogens is 182 g/mol. The Morgan fingerprint density at radius 3 is 3.00 bits per heavy atom. The number of anilines is 1.